The summed E-state index contributed by atoms with van der Waals surface area (Å²) in [5, 5.41) is 9.71. The maximum absolute atomic E-state index is 11.8. The summed E-state index contributed by atoms with van der Waals surface area (Å²) >= 11 is 3.61. The first-order valence-corrected chi connectivity index (χ1v) is 11.3. The summed E-state index contributed by atoms with van der Waals surface area (Å²) in [5.41, 5.74) is 5.55. The van der Waals surface area contributed by atoms with E-state index in [1.54, 1.807) is 6.07 Å². The lowest BCUT2D eigenvalue weighted by atomic mass is 9.84. The molecule has 0 aliphatic carbocycles. The lowest BCUT2D eigenvalue weighted by Gasteiger charge is -2.43. The summed E-state index contributed by atoms with van der Waals surface area (Å²) in [7, 11) is 2.21. The highest BCUT2D eigenvalue weighted by Gasteiger charge is 2.51. The smallest absolute Gasteiger partial charge is 0.335 e. The maximum Gasteiger partial charge on any atom is 0.335 e. The Hall–Kier alpha value is -2.54. The fourth-order valence-corrected chi connectivity index (χ4v) is 5.66. The van der Waals surface area contributed by atoms with E-state index in [1.807, 2.05) is 24.4 Å². The van der Waals surface area contributed by atoms with Crippen molar-refractivity contribution in [1.29, 1.82) is 0 Å². The van der Waals surface area contributed by atoms with Crippen LogP contribution in [0.4, 0.5) is 11.4 Å². The third-order valence-corrected chi connectivity index (χ3v) is 7.18. The molecule has 31 heavy (non-hydrogen) atoms. The van der Waals surface area contributed by atoms with Crippen molar-refractivity contribution in [2.75, 3.05) is 20.3 Å². The Labute approximate surface area is 190 Å². The van der Waals surface area contributed by atoms with Gasteiger partial charge in [0.25, 0.3) is 0 Å². The van der Waals surface area contributed by atoms with Crippen molar-refractivity contribution < 1.29 is 14.6 Å². The van der Waals surface area contributed by atoms with Crippen LogP contribution in [0.15, 0.2) is 65.3 Å². The predicted octanol–water partition coefficient (Wildman–Crippen LogP) is 5.96. The van der Waals surface area contributed by atoms with Gasteiger partial charge in [0.05, 0.1) is 18.2 Å². The van der Waals surface area contributed by atoms with E-state index in [0.717, 1.165) is 53.2 Å². The zero-order chi connectivity index (χ0) is 21.6. The Balaban J connectivity index is 1.79. The summed E-state index contributed by atoms with van der Waals surface area (Å²) in [6.45, 7) is 1.50. The van der Waals surface area contributed by atoms with E-state index in [2.05, 4.69) is 53.3 Å². The Morgan fingerprint density at radius 2 is 1.87 bits per heavy atom. The molecule has 0 bridgehead atoms. The van der Waals surface area contributed by atoms with E-state index < -0.39 is 5.97 Å². The van der Waals surface area contributed by atoms with Crippen LogP contribution in [0.2, 0.25) is 0 Å². The van der Waals surface area contributed by atoms with Crippen LogP contribution in [-0.2, 0) is 4.74 Å². The van der Waals surface area contributed by atoms with Crippen molar-refractivity contribution in [2.45, 2.75) is 18.9 Å². The molecule has 5 rings (SSSR count). The highest BCUT2D eigenvalue weighted by Crippen LogP contribution is 2.58. The Morgan fingerprint density at radius 3 is 2.58 bits per heavy atom. The number of rotatable bonds is 4. The molecule has 0 saturated carbocycles. The molecule has 3 heterocycles. The molecule has 3 aromatic rings. The number of hydrogen-bond donors (Lipinski definition) is 1. The van der Waals surface area contributed by atoms with Gasteiger partial charge in [-0.25, -0.2) is 9.78 Å². The van der Waals surface area contributed by atoms with Crippen LogP contribution in [0.25, 0.3) is 11.3 Å². The van der Waals surface area contributed by atoms with E-state index in [9.17, 15) is 9.90 Å². The predicted molar refractivity (Wildman–Crippen MR) is 124 cm³/mol. The third kappa shape index (κ3) is 3.30. The molecule has 0 spiro atoms. The Bertz CT molecular complexity index is 1140. The number of carboxylic acids is 1. The normalized spacial score (nSPS) is 21.4. The first-order valence-electron chi connectivity index (χ1n) is 10.5. The molecule has 6 heteroatoms. The van der Waals surface area contributed by atoms with Crippen LogP contribution in [0.5, 0.6) is 0 Å². The Morgan fingerprint density at radius 1 is 1.13 bits per heavy atom. The Kier molecular flexibility index (Phi) is 5.16. The molecule has 0 amide bonds. The minimum Gasteiger partial charge on any atom is -0.478 e. The molecule has 2 aliphatic heterocycles. The van der Waals surface area contributed by atoms with Gasteiger partial charge in [-0.2, -0.15) is 0 Å². The van der Waals surface area contributed by atoms with E-state index in [4.69, 9.17) is 9.72 Å². The molecule has 5 nitrogen and oxygen atoms in total. The van der Waals surface area contributed by atoms with Gasteiger partial charge in [-0.3, -0.25) is 4.48 Å². The van der Waals surface area contributed by atoms with Crippen LogP contribution in [0.3, 0.4) is 0 Å². The van der Waals surface area contributed by atoms with Crippen molar-refractivity contribution in [1.82, 2.24) is 9.47 Å². The molecule has 0 radical (unpaired) electrons. The highest BCUT2D eigenvalue weighted by atomic mass is 79.9. The second kappa shape index (κ2) is 7.86. The van der Waals surface area contributed by atoms with E-state index in [0.29, 0.717) is 16.0 Å². The number of quaternary nitrogens is 1. The lowest BCUT2D eigenvalue weighted by Crippen LogP contribution is -2.46. The number of pyridine rings is 1. The van der Waals surface area contributed by atoms with Crippen LogP contribution in [0.1, 0.15) is 34.8 Å². The number of aromatic carboxylic acids is 1. The standard InChI is InChI=1S/C25H23BrN2O3/c1-28(24(16-5-3-2-4-6-16)17-9-11-31-12-10-17)21-13-18(25(29)30)7-8-20(21)23-22(28)14-19(26)15-27-23/h2-8,13-15,17,24H,9-12H2,1H3/p+1. The number of halogens is 1. The zero-order valence-electron chi connectivity index (χ0n) is 17.3. The van der Waals surface area contributed by atoms with Gasteiger partial charge in [-0.05, 0) is 40.9 Å². The summed E-state index contributed by atoms with van der Waals surface area (Å²) < 4.78 is 7.10. The molecule has 1 aromatic heterocycles. The highest BCUT2D eigenvalue weighted by molar-refractivity contribution is 9.10. The summed E-state index contributed by atoms with van der Waals surface area (Å²) in [4.78, 5) is 16.6. The number of nitrogens with zero attached hydrogens (tertiary/aromatic N) is 2. The monoisotopic (exact) mass is 479 g/mol. The molecule has 2 unspecified atom stereocenters. The van der Waals surface area contributed by atoms with Crippen molar-refractivity contribution in [3.63, 3.8) is 0 Å². The molecule has 158 valence electrons. The van der Waals surface area contributed by atoms with Gasteiger partial charge in [-0.15, -0.1) is 0 Å². The summed E-state index contributed by atoms with van der Waals surface area (Å²) in [5.74, 6) is -0.519. The van der Waals surface area contributed by atoms with Gasteiger partial charge >= 0.3 is 5.97 Å². The lowest BCUT2D eigenvalue weighted by molar-refractivity contribution is 0.0420. The number of carboxylic acid groups (broad SMARTS) is 1. The average Bonchev–Trinajstić information content (AvgIpc) is 3.03. The summed E-state index contributed by atoms with van der Waals surface area (Å²) in [6.07, 6.45) is 3.76. The van der Waals surface area contributed by atoms with Crippen molar-refractivity contribution in [3.05, 3.63) is 76.4 Å². The van der Waals surface area contributed by atoms with Gasteiger partial charge in [0.1, 0.15) is 17.4 Å². The minimum atomic E-state index is -0.915. The largest absolute Gasteiger partial charge is 0.478 e. The maximum atomic E-state index is 11.8. The number of hydrogen-bond acceptors (Lipinski definition) is 3. The molecular formula is C25H24BrN2O3+. The molecule has 1 fully saturated rings. The van der Waals surface area contributed by atoms with E-state index in [-0.39, 0.29) is 6.04 Å². The first kappa shape index (κ1) is 20.4. The van der Waals surface area contributed by atoms with Crippen LogP contribution < -0.4 is 4.48 Å². The molecule has 2 atom stereocenters. The van der Waals surface area contributed by atoms with Gasteiger partial charge in [0.15, 0.2) is 5.69 Å². The van der Waals surface area contributed by atoms with Gasteiger partial charge in [-0.1, -0.05) is 30.3 Å². The van der Waals surface area contributed by atoms with Gasteiger partial charge < -0.3 is 9.84 Å². The first-order chi connectivity index (χ1) is 15.0. The van der Waals surface area contributed by atoms with Gasteiger partial charge in [0, 0.05) is 47.5 Å². The molecule has 1 saturated heterocycles. The van der Waals surface area contributed by atoms with Crippen LogP contribution >= 0.6 is 15.9 Å². The quantitative estimate of drug-likeness (QED) is 0.469. The molecule has 1 N–H and O–H groups in total. The number of benzene rings is 2. The average molecular weight is 480 g/mol. The van der Waals surface area contributed by atoms with Crippen molar-refractivity contribution in [3.8, 4) is 11.3 Å². The second-order valence-electron chi connectivity index (χ2n) is 8.44. The van der Waals surface area contributed by atoms with Crippen LogP contribution in [0, 0.1) is 5.92 Å². The third-order valence-electron chi connectivity index (χ3n) is 6.74. The molecular weight excluding hydrogens is 456 g/mol. The van der Waals surface area contributed by atoms with Crippen LogP contribution in [-0.4, -0.2) is 36.3 Å². The molecule has 2 aliphatic rings. The topological polar surface area (TPSA) is 59.4 Å². The van der Waals surface area contributed by atoms with Crippen molar-refractivity contribution >= 4 is 33.3 Å². The van der Waals surface area contributed by atoms with E-state index in [1.165, 1.54) is 5.56 Å². The fourth-order valence-electron chi connectivity index (χ4n) is 5.34. The van der Waals surface area contributed by atoms with Gasteiger partial charge in [0.2, 0.25) is 0 Å². The minimum absolute atomic E-state index is 0.116. The summed E-state index contributed by atoms with van der Waals surface area (Å²) in [6, 6.07) is 18.3. The SMILES string of the molecule is C[N+]1(C(c2ccccc2)C2CCOCC2)c2cc(C(=O)O)ccc2-c2ncc(Br)cc21. The second-order valence-corrected chi connectivity index (χ2v) is 9.35. The number of aromatic nitrogens is 1. The molecule has 2 aromatic carbocycles. The number of ether oxygens (including phenoxy) is 1. The number of carbonyl (C=O) groups is 1. The zero-order valence-corrected chi connectivity index (χ0v) is 18.9. The van der Waals surface area contributed by atoms with E-state index >= 15 is 0 Å². The van der Waals surface area contributed by atoms with Crippen molar-refractivity contribution in [2.24, 2.45) is 5.92 Å². The fraction of sp³-hybridized carbons (Fsp3) is 0.280. The number of fused-ring (bicyclic) bond motifs is 3.